The minimum Gasteiger partial charge on any atom is -0.457 e. The summed E-state index contributed by atoms with van der Waals surface area (Å²) in [5, 5.41) is 3.18. The molecule has 1 saturated heterocycles. The number of nitrogens with two attached hydrogens (primary N) is 1. The third kappa shape index (κ3) is 6.00. The van der Waals surface area contributed by atoms with Gasteiger partial charge in [-0.05, 0) is 63.4 Å². The van der Waals surface area contributed by atoms with Crippen molar-refractivity contribution in [2.75, 3.05) is 25.0 Å². The van der Waals surface area contributed by atoms with Crippen LogP contribution in [0.15, 0.2) is 59.6 Å². The van der Waals surface area contributed by atoms with Gasteiger partial charge in [-0.2, -0.15) is 0 Å². The summed E-state index contributed by atoms with van der Waals surface area (Å²) in [5.74, 6) is 2.60. The van der Waals surface area contributed by atoms with E-state index in [0.29, 0.717) is 17.9 Å². The molecule has 1 aliphatic heterocycles. The molecule has 0 aromatic heterocycles. The van der Waals surface area contributed by atoms with Crippen molar-refractivity contribution in [3.05, 3.63) is 54.6 Å². The molecule has 2 aromatic carbocycles. The van der Waals surface area contributed by atoms with Gasteiger partial charge in [0.15, 0.2) is 5.96 Å². The topological polar surface area (TPSA) is 62.9 Å². The lowest BCUT2D eigenvalue weighted by Gasteiger charge is -2.34. The summed E-state index contributed by atoms with van der Waals surface area (Å²) in [4.78, 5) is 7.09. The summed E-state index contributed by atoms with van der Waals surface area (Å²) in [7, 11) is 0. The molecule has 3 rings (SSSR count). The van der Waals surface area contributed by atoms with Crippen LogP contribution >= 0.6 is 0 Å². The van der Waals surface area contributed by atoms with Crippen LogP contribution in [0.1, 0.15) is 26.7 Å². The summed E-state index contributed by atoms with van der Waals surface area (Å²) in [5.41, 5.74) is 6.98. The van der Waals surface area contributed by atoms with E-state index in [1.54, 1.807) is 0 Å². The van der Waals surface area contributed by atoms with E-state index in [2.05, 4.69) is 29.1 Å². The number of ether oxygens (including phenoxy) is 1. The van der Waals surface area contributed by atoms with Crippen LogP contribution in [0.25, 0.3) is 0 Å². The molecule has 3 N–H and O–H groups in total. The third-order valence-electron chi connectivity index (χ3n) is 4.89. The van der Waals surface area contributed by atoms with Crippen LogP contribution < -0.4 is 15.8 Å². The SMILES string of the molecule is CC(C)N1CCCC(CN=C(N)Nc2cccc(Oc3ccccc3)c2)C1. The van der Waals surface area contributed by atoms with Crippen molar-refractivity contribution < 1.29 is 4.74 Å². The Bertz CT molecular complexity index is 745. The first-order valence-electron chi connectivity index (χ1n) is 9.74. The fraction of sp³-hybridized carbons (Fsp3) is 0.409. The monoisotopic (exact) mass is 366 g/mol. The Hall–Kier alpha value is -2.53. The zero-order chi connectivity index (χ0) is 19.1. The Balaban J connectivity index is 1.55. The Kier molecular flexibility index (Phi) is 6.71. The first-order valence-corrected chi connectivity index (χ1v) is 9.74. The lowest BCUT2D eigenvalue weighted by atomic mass is 9.97. The molecule has 2 aromatic rings. The Morgan fingerprint density at radius 3 is 2.74 bits per heavy atom. The van der Waals surface area contributed by atoms with Gasteiger partial charge < -0.3 is 20.7 Å². The van der Waals surface area contributed by atoms with Crippen molar-refractivity contribution in [3.8, 4) is 11.5 Å². The molecule has 1 heterocycles. The smallest absolute Gasteiger partial charge is 0.193 e. The molecule has 5 heteroatoms. The summed E-state index contributed by atoms with van der Waals surface area (Å²) >= 11 is 0. The fourth-order valence-corrected chi connectivity index (χ4v) is 3.39. The maximum Gasteiger partial charge on any atom is 0.193 e. The molecule has 5 nitrogen and oxygen atoms in total. The lowest BCUT2D eigenvalue weighted by molar-refractivity contribution is 0.143. The number of hydrogen-bond donors (Lipinski definition) is 2. The van der Waals surface area contributed by atoms with Crippen LogP contribution in [0.5, 0.6) is 11.5 Å². The zero-order valence-corrected chi connectivity index (χ0v) is 16.3. The molecule has 1 atom stereocenters. The standard InChI is InChI=1S/C22H30N4O/c1-17(2)26-13-7-8-18(16-26)15-24-22(23)25-19-9-6-12-21(14-19)27-20-10-4-3-5-11-20/h3-6,9-12,14,17-18H,7-8,13,15-16H2,1-2H3,(H3,23,24,25). The number of likely N-dealkylation sites (tertiary alicyclic amines) is 1. The van der Waals surface area contributed by atoms with E-state index in [0.717, 1.165) is 30.3 Å². The molecule has 0 bridgehead atoms. The number of benzene rings is 2. The van der Waals surface area contributed by atoms with Crippen LogP contribution in [0.4, 0.5) is 5.69 Å². The minimum atomic E-state index is 0.452. The summed E-state index contributed by atoms with van der Waals surface area (Å²) in [6, 6.07) is 18.1. The van der Waals surface area contributed by atoms with Crippen LogP contribution in [0.3, 0.4) is 0 Å². The van der Waals surface area contributed by atoms with Crippen molar-refractivity contribution in [1.82, 2.24) is 4.90 Å². The lowest BCUT2D eigenvalue weighted by Crippen LogP contribution is -2.41. The van der Waals surface area contributed by atoms with Gasteiger partial charge in [0, 0.05) is 30.9 Å². The number of aliphatic imine (C=N–C) groups is 1. The second-order valence-corrected chi connectivity index (χ2v) is 7.39. The summed E-state index contributed by atoms with van der Waals surface area (Å²) in [6.45, 7) is 7.58. The number of anilines is 1. The highest BCUT2D eigenvalue weighted by atomic mass is 16.5. The fourth-order valence-electron chi connectivity index (χ4n) is 3.39. The molecule has 0 radical (unpaired) electrons. The van der Waals surface area contributed by atoms with Gasteiger partial charge in [0.1, 0.15) is 11.5 Å². The van der Waals surface area contributed by atoms with Gasteiger partial charge in [-0.15, -0.1) is 0 Å². The third-order valence-corrected chi connectivity index (χ3v) is 4.89. The van der Waals surface area contributed by atoms with E-state index in [1.165, 1.54) is 19.4 Å². The van der Waals surface area contributed by atoms with Gasteiger partial charge in [0.25, 0.3) is 0 Å². The van der Waals surface area contributed by atoms with Gasteiger partial charge in [-0.3, -0.25) is 4.99 Å². The number of para-hydroxylation sites is 1. The zero-order valence-electron chi connectivity index (χ0n) is 16.3. The highest BCUT2D eigenvalue weighted by Crippen LogP contribution is 2.24. The number of nitrogens with one attached hydrogen (secondary N) is 1. The van der Waals surface area contributed by atoms with E-state index in [1.807, 2.05) is 54.6 Å². The highest BCUT2D eigenvalue weighted by Gasteiger charge is 2.21. The van der Waals surface area contributed by atoms with Crippen molar-refractivity contribution in [1.29, 1.82) is 0 Å². The van der Waals surface area contributed by atoms with E-state index < -0.39 is 0 Å². The molecule has 1 fully saturated rings. The Morgan fingerprint density at radius 2 is 1.96 bits per heavy atom. The van der Waals surface area contributed by atoms with Gasteiger partial charge in [0.05, 0.1) is 0 Å². The molecule has 1 unspecified atom stereocenters. The molecule has 27 heavy (non-hydrogen) atoms. The predicted octanol–water partition coefficient (Wildman–Crippen LogP) is 4.33. The quantitative estimate of drug-likeness (QED) is 0.590. The average molecular weight is 367 g/mol. The van der Waals surface area contributed by atoms with Crippen LogP contribution in [0, 0.1) is 5.92 Å². The van der Waals surface area contributed by atoms with E-state index in [4.69, 9.17) is 10.5 Å². The summed E-state index contributed by atoms with van der Waals surface area (Å²) < 4.78 is 5.86. The Labute approximate surface area is 162 Å². The molecule has 0 saturated carbocycles. The van der Waals surface area contributed by atoms with Gasteiger partial charge in [-0.1, -0.05) is 24.3 Å². The van der Waals surface area contributed by atoms with Gasteiger partial charge in [-0.25, -0.2) is 0 Å². The van der Waals surface area contributed by atoms with Crippen molar-refractivity contribution in [2.45, 2.75) is 32.7 Å². The number of piperidine rings is 1. The Morgan fingerprint density at radius 1 is 1.19 bits per heavy atom. The highest BCUT2D eigenvalue weighted by molar-refractivity contribution is 5.92. The van der Waals surface area contributed by atoms with Crippen LogP contribution in [-0.4, -0.2) is 36.5 Å². The molecule has 0 aliphatic carbocycles. The molecular weight excluding hydrogens is 336 g/mol. The number of guanidine groups is 1. The van der Waals surface area contributed by atoms with Crippen molar-refractivity contribution in [3.63, 3.8) is 0 Å². The first-order chi connectivity index (χ1) is 13.1. The number of rotatable bonds is 6. The van der Waals surface area contributed by atoms with Gasteiger partial charge in [0.2, 0.25) is 0 Å². The largest absolute Gasteiger partial charge is 0.457 e. The molecule has 1 aliphatic rings. The molecule has 144 valence electrons. The second-order valence-electron chi connectivity index (χ2n) is 7.39. The maximum absolute atomic E-state index is 6.10. The molecule has 0 spiro atoms. The molecular formula is C22H30N4O. The number of nitrogens with zero attached hydrogens (tertiary/aromatic N) is 2. The van der Waals surface area contributed by atoms with E-state index in [9.17, 15) is 0 Å². The van der Waals surface area contributed by atoms with E-state index >= 15 is 0 Å². The predicted molar refractivity (Wildman–Crippen MR) is 113 cm³/mol. The maximum atomic E-state index is 6.10. The summed E-state index contributed by atoms with van der Waals surface area (Å²) in [6.07, 6.45) is 2.46. The van der Waals surface area contributed by atoms with Gasteiger partial charge >= 0.3 is 0 Å². The normalized spacial score (nSPS) is 18.5. The average Bonchev–Trinajstić information content (AvgIpc) is 2.68. The van der Waals surface area contributed by atoms with Crippen molar-refractivity contribution in [2.24, 2.45) is 16.6 Å². The minimum absolute atomic E-state index is 0.452. The molecule has 0 amide bonds. The van der Waals surface area contributed by atoms with Crippen molar-refractivity contribution >= 4 is 11.6 Å². The van der Waals surface area contributed by atoms with E-state index in [-0.39, 0.29) is 0 Å². The first kappa shape index (κ1) is 19.2. The van der Waals surface area contributed by atoms with Crippen LogP contribution in [-0.2, 0) is 0 Å². The second kappa shape index (κ2) is 9.42. The number of hydrogen-bond acceptors (Lipinski definition) is 3. The van der Waals surface area contributed by atoms with Crippen LogP contribution in [0.2, 0.25) is 0 Å².